The summed E-state index contributed by atoms with van der Waals surface area (Å²) in [6.07, 6.45) is 0.778. The maximum absolute atomic E-state index is 12.3. The van der Waals surface area contributed by atoms with E-state index in [-0.39, 0.29) is 11.2 Å². The molecule has 7 nitrogen and oxygen atoms in total. The summed E-state index contributed by atoms with van der Waals surface area (Å²) in [6.45, 7) is 3.80. The largest absolute Gasteiger partial charge is 0.493 e. The van der Waals surface area contributed by atoms with E-state index in [0.717, 1.165) is 12.2 Å². The molecule has 0 saturated heterocycles. The van der Waals surface area contributed by atoms with E-state index in [1.807, 2.05) is 13.8 Å². The molecular weight excluding hydrogens is 316 g/mol. The van der Waals surface area contributed by atoms with E-state index in [1.165, 1.54) is 11.8 Å². The Kier molecular flexibility index (Phi) is 5.86. The minimum absolute atomic E-state index is 0.134. The van der Waals surface area contributed by atoms with Crippen molar-refractivity contribution in [3.8, 4) is 11.5 Å². The van der Waals surface area contributed by atoms with E-state index >= 15 is 0 Å². The molecule has 23 heavy (non-hydrogen) atoms. The van der Waals surface area contributed by atoms with Gasteiger partial charge in [0.15, 0.2) is 11.5 Å². The number of methoxy groups -OCH3 is 2. The van der Waals surface area contributed by atoms with Crippen molar-refractivity contribution in [3.05, 3.63) is 24.0 Å². The predicted octanol–water partition coefficient (Wildman–Crippen LogP) is 2.50. The summed E-state index contributed by atoms with van der Waals surface area (Å²) in [5, 5.41) is 9.99. The maximum atomic E-state index is 12.3. The Hall–Kier alpha value is -2.22. The first-order chi connectivity index (χ1) is 11.1. The number of anilines is 1. The summed E-state index contributed by atoms with van der Waals surface area (Å²) in [5.41, 5.74) is 0.643. The zero-order valence-corrected chi connectivity index (χ0v) is 14.4. The highest BCUT2D eigenvalue weighted by atomic mass is 32.2. The maximum Gasteiger partial charge on any atom is 0.237 e. The highest BCUT2D eigenvalue weighted by Crippen LogP contribution is 2.30. The Labute approximate surface area is 139 Å². The number of thioether (sulfide) groups is 1. The Bertz CT molecular complexity index is 674. The number of carbonyl (C=O) groups excluding carboxylic acids is 1. The summed E-state index contributed by atoms with van der Waals surface area (Å²) in [4.78, 5) is 16.6. The molecule has 0 aliphatic rings. The highest BCUT2D eigenvalue weighted by Gasteiger charge is 2.17. The molecule has 0 spiro atoms. The van der Waals surface area contributed by atoms with Crippen LogP contribution in [0.25, 0.3) is 0 Å². The fourth-order valence-electron chi connectivity index (χ4n) is 1.86. The van der Waals surface area contributed by atoms with Crippen molar-refractivity contribution in [3.63, 3.8) is 0 Å². The molecule has 0 aliphatic carbocycles. The number of aryl methyl sites for hydroxylation is 1. The summed E-state index contributed by atoms with van der Waals surface area (Å²) in [5.74, 6) is 1.85. The lowest BCUT2D eigenvalue weighted by Crippen LogP contribution is -2.22. The van der Waals surface area contributed by atoms with Crippen molar-refractivity contribution in [1.82, 2.24) is 15.2 Å². The molecule has 2 N–H and O–H groups in total. The minimum Gasteiger partial charge on any atom is -0.493 e. The third kappa shape index (κ3) is 4.38. The number of aromatic nitrogens is 3. The molecule has 0 bridgehead atoms. The van der Waals surface area contributed by atoms with Gasteiger partial charge in [0.1, 0.15) is 5.82 Å². The number of carbonyl (C=O) groups is 1. The number of rotatable bonds is 7. The molecule has 1 amide bonds. The van der Waals surface area contributed by atoms with Gasteiger partial charge in [0, 0.05) is 18.2 Å². The molecule has 8 heteroatoms. The lowest BCUT2D eigenvalue weighted by atomic mass is 10.2. The van der Waals surface area contributed by atoms with Crippen LogP contribution in [-0.4, -0.2) is 40.6 Å². The number of amides is 1. The van der Waals surface area contributed by atoms with Gasteiger partial charge < -0.3 is 14.8 Å². The fraction of sp³-hybridized carbons (Fsp3) is 0.400. The van der Waals surface area contributed by atoms with E-state index in [2.05, 4.69) is 20.5 Å². The first-order valence-corrected chi connectivity index (χ1v) is 8.06. The molecule has 1 heterocycles. The van der Waals surface area contributed by atoms with Gasteiger partial charge in [0.25, 0.3) is 0 Å². The first kappa shape index (κ1) is 17.1. The van der Waals surface area contributed by atoms with E-state index in [4.69, 9.17) is 9.47 Å². The highest BCUT2D eigenvalue weighted by molar-refractivity contribution is 8.00. The zero-order valence-electron chi connectivity index (χ0n) is 13.5. The second kappa shape index (κ2) is 7.87. The van der Waals surface area contributed by atoms with Crippen LogP contribution in [-0.2, 0) is 11.2 Å². The molecule has 0 saturated carbocycles. The zero-order chi connectivity index (χ0) is 16.8. The summed E-state index contributed by atoms with van der Waals surface area (Å²) >= 11 is 1.30. The molecule has 0 fully saturated rings. The summed E-state index contributed by atoms with van der Waals surface area (Å²) in [7, 11) is 3.12. The molecule has 124 valence electrons. The van der Waals surface area contributed by atoms with Gasteiger partial charge in [-0.15, -0.1) is 5.10 Å². The SMILES string of the molecule is CCc1nc(S[C@@H](C)C(=O)Nc2ccc(OC)c(OC)c2)n[nH]1. The Morgan fingerprint density at radius 2 is 2.09 bits per heavy atom. The number of ether oxygens (including phenoxy) is 2. The first-order valence-electron chi connectivity index (χ1n) is 7.18. The number of nitrogens with zero attached hydrogens (tertiary/aromatic N) is 2. The van der Waals surface area contributed by atoms with Crippen molar-refractivity contribution >= 4 is 23.4 Å². The third-order valence-electron chi connectivity index (χ3n) is 3.15. The van der Waals surface area contributed by atoms with Crippen LogP contribution in [0.4, 0.5) is 5.69 Å². The second-order valence-corrected chi connectivity index (χ2v) is 6.05. The number of aromatic amines is 1. The van der Waals surface area contributed by atoms with Gasteiger partial charge in [-0.3, -0.25) is 9.89 Å². The quantitative estimate of drug-likeness (QED) is 0.755. The van der Waals surface area contributed by atoms with E-state index in [0.29, 0.717) is 22.3 Å². The predicted molar refractivity (Wildman–Crippen MR) is 89.3 cm³/mol. The van der Waals surface area contributed by atoms with Crippen LogP contribution in [0.3, 0.4) is 0 Å². The van der Waals surface area contributed by atoms with E-state index < -0.39 is 0 Å². The average molecular weight is 336 g/mol. The average Bonchev–Trinajstić information content (AvgIpc) is 3.02. The van der Waals surface area contributed by atoms with Gasteiger partial charge in [-0.2, -0.15) is 0 Å². The van der Waals surface area contributed by atoms with Crippen LogP contribution >= 0.6 is 11.8 Å². The van der Waals surface area contributed by atoms with Gasteiger partial charge in [-0.05, 0) is 19.1 Å². The van der Waals surface area contributed by atoms with Crippen LogP contribution in [0.2, 0.25) is 0 Å². The standard InChI is InChI=1S/C15H20N4O3S/c1-5-13-17-15(19-18-13)23-9(2)14(20)16-10-6-7-11(21-3)12(8-10)22-4/h6-9H,5H2,1-4H3,(H,16,20)(H,17,18,19)/t9-/m0/s1. The smallest absolute Gasteiger partial charge is 0.237 e. The van der Waals surface area contributed by atoms with Gasteiger partial charge in [-0.1, -0.05) is 18.7 Å². The van der Waals surface area contributed by atoms with Crippen molar-refractivity contribution in [2.24, 2.45) is 0 Å². The summed E-state index contributed by atoms with van der Waals surface area (Å²) in [6, 6.07) is 5.23. The van der Waals surface area contributed by atoms with Crippen LogP contribution in [0.5, 0.6) is 11.5 Å². The van der Waals surface area contributed by atoms with Crippen molar-refractivity contribution < 1.29 is 14.3 Å². The number of nitrogens with one attached hydrogen (secondary N) is 2. The molecule has 0 radical (unpaired) electrons. The molecular formula is C15H20N4O3S. The third-order valence-corrected chi connectivity index (χ3v) is 4.11. The van der Waals surface area contributed by atoms with Gasteiger partial charge in [0.2, 0.25) is 11.1 Å². The molecule has 2 aromatic rings. The number of hydrogen-bond acceptors (Lipinski definition) is 6. The Morgan fingerprint density at radius 1 is 1.35 bits per heavy atom. The lowest BCUT2D eigenvalue weighted by Gasteiger charge is -2.12. The van der Waals surface area contributed by atoms with E-state index in [1.54, 1.807) is 32.4 Å². The van der Waals surface area contributed by atoms with Crippen LogP contribution in [0.15, 0.2) is 23.4 Å². The van der Waals surface area contributed by atoms with Gasteiger partial charge in [0.05, 0.1) is 19.5 Å². The second-order valence-electron chi connectivity index (χ2n) is 4.74. The molecule has 1 atom stereocenters. The Morgan fingerprint density at radius 3 is 2.70 bits per heavy atom. The number of hydrogen-bond donors (Lipinski definition) is 2. The van der Waals surface area contributed by atoms with Crippen molar-refractivity contribution in [1.29, 1.82) is 0 Å². The monoisotopic (exact) mass is 336 g/mol. The topological polar surface area (TPSA) is 89.1 Å². The Balaban J connectivity index is 2.00. The molecule has 1 aromatic heterocycles. The molecule has 0 unspecified atom stereocenters. The van der Waals surface area contributed by atoms with Crippen molar-refractivity contribution in [2.45, 2.75) is 30.7 Å². The van der Waals surface area contributed by atoms with Crippen LogP contribution < -0.4 is 14.8 Å². The van der Waals surface area contributed by atoms with Gasteiger partial charge >= 0.3 is 0 Å². The number of H-pyrrole nitrogens is 1. The minimum atomic E-state index is -0.330. The van der Waals surface area contributed by atoms with Crippen molar-refractivity contribution in [2.75, 3.05) is 19.5 Å². The lowest BCUT2D eigenvalue weighted by molar-refractivity contribution is -0.115. The molecule has 2 rings (SSSR count). The van der Waals surface area contributed by atoms with Gasteiger partial charge in [-0.25, -0.2) is 4.98 Å². The molecule has 1 aromatic carbocycles. The summed E-state index contributed by atoms with van der Waals surface area (Å²) < 4.78 is 10.4. The van der Waals surface area contributed by atoms with Crippen LogP contribution in [0.1, 0.15) is 19.7 Å². The molecule has 0 aliphatic heterocycles. The fourth-order valence-corrected chi connectivity index (χ4v) is 2.60. The number of benzene rings is 1. The van der Waals surface area contributed by atoms with E-state index in [9.17, 15) is 4.79 Å². The normalized spacial score (nSPS) is 11.8. The van der Waals surface area contributed by atoms with Crippen LogP contribution in [0, 0.1) is 0 Å².